The van der Waals surface area contributed by atoms with Crippen LogP contribution in [0.15, 0.2) is 0 Å². The van der Waals surface area contributed by atoms with Crippen LogP contribution in [-0.4, -0.2) is 43.8 Å². The Balaban J connectivity index is 2.92. The van der Waals surface area contributed by atoms with Crippen LogP contribution < -0.4 is 10.6 Å². The van der Waals surface area contributed by atoms with E-state index in [0.29, 0.717) is 18.8 Å². The Bertz CT molecular complexity index is 493. The fraction of sp³-hybridized carbons (Fsp3) is 0.700. The number of rotatable bonds is 5. The van der Waals surface area contributed by atoms with E-state index in [1.54, 1.807) is 4.68 Å². The zero-order valence-electron chi connectivity index (χ0n) is 10.8. The predicted molar refractivity (Wildman–Crippen MR) is 70.0 cm³/mol. The van der Waals surface area contributed by atoms with Crippen molar-refractivity contribution in [2.45, 2.75) is 20.4 Å². The van der Waals surface area contributed by atoms with E-state index in [1.165, 1.54) is 6.26 Å². The number of nitrogens with zero attached hydrogens (tertiary/aromatic N) is 3. The molecule has 0 aliphatic heterocycles. The second kappa shape index (κ2) is 4.95. The van der Waals surface area contributed by atoms with Crippen molar-refractivity contribution in [2.24, 2.45) is 0 Å². The Morgan fingerprint density at radius 1 is 1.47 bits per heavy atom. The Kier molecular flexibility index (Phi) is 4.03. The summed E-state index contributed by atoms with van der Waals surface area (Å²) in [6.07, 6.45) is 1.23. The first-order chi connectivity index (χ1) is 7.76. The van der Waals surface area contributed by atoms with Crippen molar-refractivity contribution >= 4 is 21.3 Å². The first-order valence-electron chi connectivity index (χ1n) is 5.48. The highest BCUT2D eigenvalue weighted by Crippen LogP contribution is 2.25. The highest BCUT2D eigenvalue weighted by molar-refractivity contribution is 7.90. The lowest BCUT2D eigenvalue weighted by atomic mass is 10.3. The molecule has 7 heteroatoms. The molecule has 6 nitrogen and oxygen atoms in total. The number of hydrogen-bond donors (Lipinski definition) is 1. The molecule has 0 aliphatic rings. The van der Waals surface area contributed by atoms with Crippen LogP contribution in [0.1, 0.15) is 12.6 Å². The van der Waals surface area contributed by atoms with Crippen LogP contribution in [0.25, 0.3) is 0 Å². The van der Waals surface area contributed by atoms with Gasteiger partial charge in [0, 0.05) is 26.4 Å². The maximum atomic E-state index is 11.1. The third-order valence-corrected chi connectivity index (χ3v) is 3.53. The van der Waals surface area contributed by atoms with Crippen LogP contribution in [0.2, 0.25) is 0 Å². The number of hydrogen-bond acceptors (Lipinski definition) is 5. The zero-order valence-corrected chi connectivity index (χ0v) is 11.6. The molecule has 0 fully saturated rings. The molecule has 1 heterocycles. The van der Waals surface area contributed by atoms with Gasteiger partial charge >= 0.3 is 0 Å². The molecule has 1 aromatic heterocycles. The van der Waals surface area contributed by atoms with E-state index >= 15 is 0 Å². The Morgan fingerprint density at radius 3 is 2.53 bits per heavy atom. The molecule has 1 rings (SSSR count). The summed E-state index contributed by atoms with van der Waals surface area (Å²) >= 11 is 0. The standard InChI is InChI=1S/C10H20N4O2S/c1-5-14-10(9(11)8(2)12-14)13(3)6-7-17(4,15)16/h5-7,11H2,1-4H3. The summed E-state index contributed by atoms with van der Waals surface area (Å²) in [6.45, 7) is 4.93. The molecule has 2 N–H and O–H groups in total. The molecule has 17 heavy (non-hydrogen) atoms. The van der Waals surface area contributed by atoms with E-state index < -0.39 is 9.84 Å². The van der Waals surface area contributed by atoms with Crippen LogP contribution in [-0.2, 0) is 16.4 Å². The number of aromatic nitrogens is 2. The first kappa shape index (κ1) is 13.8. The van der Waals surface area contributed by atoms with Crippen LogP contribution in [0.5, 0.6) is 0 Å². The van der Waals surface area contributed by atoms with Gasteiger partial charge in [-0.2, -0.15) is 5.10 Å². The monoisotopic (exact) mass is 260 g/mol. The summed E-state index contributed by atoms with van der Waals surface area (Å²) in [4.78, 5) is 1.83. The fourth-order valence-corrected chi connectivity index (χ4v) is 2.22. The van der Waals surface area contributed by atoms with E-state index in [1.807, 2.05) is 25.8 Å². The zero-order chi connectivity index (χ0) is 13.2. The van der Waals surface area contributed by atoms with Gasteiger partial charge in [0.25, 0.3) is 0 Å². The third-order valence-electron chi connectivity index (χ3n) is 2.60. The fourth-order valence-electron chi connectivity index (χ4n) is 1.61. The van der Waals surface area contributed by atoms with Crippen molar-refractivity contribution in [1.82, 2.24) is 9.78 Å². The lowest BCUT2D eigenvalue weighted by Gasteiger charge is -2.20. The summed E-state index contributed by atoms with van der Waals surface area (Å²) in [7, 11) is -1.14. The molecule has 0 radical (unpaired) electrons. The van der Waals surface area contributed by atoms with E-state index in [4.69, 9.17) is 5.73 Å². The molecule has 0 aromatic carbocycles. The summed E-state index contributed by atoms with van der Waals surface area (Å²) < 4.78 is 24.0. The minimum Gasteiger partial charge on any atom is -0.394 e. The van der Waals surface area contributed by atoms with Gasteiger partial charge in [-0.3, -0.25) is 0 Å². The van der Waals surface area contributed by atoms with Crippen molar-refractivity contribution in [3.63, 3.8) is 0 Å². The molecule has 0 saturated heterocycles. The summed E-state index contributed by atoms with van der Waals surface area (Å²) in [5.74, 6) is 0.894. The predicted octanol–water partition coefficient (Wildman–Crippen LogP) is 0.274. The molecular formula is C10H20N4O2S. The molecular weight excluding hydrogens is 240 g/mol. The van der Waals surface area contributed by atoms with Gasteiger partial charge in [-0.25, -0.2) is 13.1 Å². The van der Waals surface area contributed by atoms with Gasteiger partial charge in [0.2, 0.25) is 0 Å². The SMILES string of the molecule is CCn1nc(C)c(N)c1N(C)CCS(C)(=O)=O. The van der Waals surface area contributed by atoms with E-state index in [0.717, 1.165) is 11.5 Å². The van der Waals surface area contributed by atoms with Crippen molar-refractivity contribution < 1.29 is 8.42 Å². The smallest absolute Gasteiger partial charge is 0.150 e. The molecule has 0 aliphatic carbocycles. The van der Waals surface area contributed by atoms with Crippen molar-refractivity contribution in [3.8, 4) is 0 Å². The molecule has 98 valence electrons. The van der Waals surface area contributed by atoms with Crippen LogP contribution in [0.4, 0.5) is 11.5 Å². The van der Waals surface area contributed by atoms with Crippen molar-refractivity contribution in [2.75, 3.05) is 36.2 Å². The Morgan fingerprint density at radius 2 is 2.06 bits per heavy atom. The van der Waals surface area contributed by atoms with Gasteiger partial charge in [0.15, 0.2) is 0 Å². The van der Waals surface area contributed by atoms with Crippen LogP contribution in [0.3, 0.4) is 0 Å². The number of nitrogens with two attached hydrogens (primary N) is 1. The summed E-state index contributed by atoms with van der Waals surface area (Å²) in [6, 6.07) is 0. The molecule has 0 saturated carbocycles. The number of sulfone groups is 1. The minimum absolute atomic E-state index is 0.108. The maximum absolute atomic E-state index is 11.1. The van der Waals surface area contributed by atoms with Gasteiger partial charge in [-0.15, -0.1) is 0 Å². The lowest BCUT2D eigenvalue weighted by Crippen LogP contribution is -2.27. The van der Waals surface area contributed by atoms with Gasteiger partial charge in [-0.05, 0) is 13.8 Å². The first-order valence-corrected chi connectivity index (χ1v) is 7.54. The van der Waals surface area contributed by atoms with Gasteiger partial charge in [-0.1, -0.05) is 0 Å². The Labute approximate surface area is 102 Å². The average Bonchev–Trinajstić information content (AvgIpc) is 2.51. The number of anilines is 2. The second-order valence-electron chi connectivity index (χ2n) is 4.19. The third kappa shape index (κ3) is 3.36. The molecule has 0 atom stereocenters. The number of nitrogen functional groups attached to an aromatic ring is 1. The maximum Gasteiger partial charge on any atom is 0.150 e. The number of aryl methyl sites for hydroxylation is 2. The largest absolute Gasteiger partial charge is 0.394 e. The Hall–Kier alpha value is -1.24. The van der Waals surface area contributed by atoms with E-state index in [-0.39, 0.29) is 5.75 Å². The van der Waals surface area contributed by atoms with Crippen molar-refractivity contribution in [3.05, 3.63) is 5.69 Å². The summed E-state index contributed by atoms with van der Waals surface area (Å²) in [5, 5.41) is 4.29. The molecule has 0 amide bonds. The summed E-state index contributed by atoms with van der Waals surface area (Å²) in [5.41, 5.74) is 7.33. The van der Waals surface area contributed by atoms with E-state index in [2.05, 4.69) is 5.10 Å². The van der Waals surface area contributed by atoms with Gasteiger partial charge < -0.3 is 10.6 Å². The van der Waals surface area contributed by atoms with Gasteiger partial charge in [0.05, 0.1) is 17.1 Å². The molecule has 0 spiro atoms. The van der Waals surface area contributed by atoms with Crippen molar-refractivity contribution in [1.29, 1.82) is 0 Å². The topological polar surface area (TPSA) is 81.2 Å². The second-order valence-corrected chi connectivity index (χ2v) is 6.45. The highest BCUT2D eigenvalue weighted by atomic mass is 32.2. The quantitative estimate of drug-likeness (QED) is 0.822. The molecule has 0 bridgehead atoms. The highest BCUT2D eigenvalue weighted by Gasteiger charge is 2.16. The normalized spacial score (nSPS) is 11.8. The molecule has 0 unspecified atom stereocenters. The van der Waals surface area contributed by atoms with Gasteiger partial charge in [0.1, 0.15) is 15.7 Å². The van der Waals surface area contributed by atoms with Crippen LogP contribution >= 0.6 is 0 Å². The molecule has 1 aromatic rings. The average molecular weight is 260 g/mol. The van der Waals surface area contributed by atoms with Crippen LogP contribution in [0, 0.1) is 6.92 Å². The minimum atomic E-state index is -2.96. The van der Waals surface area contributed by atoms with E-state index in [9.17, 15) is 8.42 Å². The lowest BCUT2D eigenvalue weighted by molar-refractivity contribution is 0.599.